The molecule has 1 aromatic rings. The molecule has 1 N–H and O–H groups in total. The van der Waals surface area contributed by atoms with Crippen LogP contribution in [0.4, 0.5) is 0 Å². The maximum Gasteiger partial charge on any atom is 0.130 e. The Hall–Kier alpha value is -0.960. The Balaban J connectivity index is 2.84. The molecule has 0 aliphatic rings. The van der Waals surface area contributed by atoms with Crippen molar-refractivity contribution in [2.24, 2.45) is 0 Å². The van der Waals surface area contributed by atoms with E-state index in [2.05, 4.69) is 35.2 Å². The average Bonchev–Trinajstić information content (AvgIpc) is 2.14. The van der Waals surface area contributed by atoms with Crippen molar-refractivity contribution in [2.45, 2.75) is 33.1 Å². The van der Waals surface area contributed by atoms with E-state index >= 15 is 0 Å². The Labute approximate surface area is 86.0 Å². The molecule has 0 saturated heterocycles. The molecule has 3 heteroatoms. The summed E-state index contributed by atoms with van der Waals surface area (Å²) < 4.78 is 0. The Morgan fingerprint density at radius 2 is 2.07 bits per heavy atom. The first-order chi connectivity index (χ1) is 6.63. The van der Waals surface area contributed by atoms with Gasteiger partial charge in [0.2, 0.25) is 0 Å². The Bertz CT molecular complexity index is 295. The minimum Gasteiger partial charge on any atom is -0.319 e. The molecule has 0 aromatic carbocycles. The molecule has 0 saturated carbocycles. The van der Waals surface area contributed by atoms with Crippen LogP contribution in [-0.2, 0) is 6.42 Å². The SMILES string of the molecule is CNCCc1nc(C)cc(C(C)C)n1. The van der Waals surface area contributed by atoms with Gasteiger partial charge in [0.05, 0.1) is 0 Å². The number of rotatable bonds is 4. The molecule has 0 atom stereocenters. The highest BCUT2D eigenvalue weighted by atomic mass is 14.9. The van der Waals surface area contributed by atoms with Crippen molar-refractivity contribution >= 4 is 0 Å². The van der Waals surface area contributed by atoms with Crippen molar-refractivity contribution in [3.63, 3.8) is 0 Å². The largest absolute Gasteiger partial charge is 0.319 e. The smallest absolute Gasteiger partial charge is 0.130 e. The molecular weight excluding hydrogens is 174 g/mol. The van der Waals surface area contributed by atoms with Gasteiger partial charge >= 0.3 is 0 Å². The Kier molecular flexibility index (Phi) is 4.01. The van der Waals surface area contributed by atoms with E-state index in [0.717, 1.165) is 30.2 Å². The van der Waals surface area contributed by atoms with Crippen molar-refractivity contribution in [2.75, 3.05) is 13.6 Å². The summed E-state index contributed by atoms with van der Waals surface area (Å²) in [6.45, 7) is 7.27. The number of aryl methyl sites for hydroxylation is 1. The Morgan fingerprint density at radius 3 is 2.64 bits per heavy atom. The molecule has 0 bridgehead atoms. The van der Waals surface area contributed by atoms with Crippen LogP contribution in [-0.4, -0.2) is 23.6 Å². The van der Waals surface area contributed by atoms with E-state index < -0.39 is 0 Å². The molecule has 3 nitrogen and oxygen atoms in total. The van der Waals surface area contributed by atoms with Gasteiger partial charge in [0, 0.05) is 24.4 Å². The zero-order valence-electron chi connectivity index (χ0n) is 9.46. The fourth-order valence-electron chi connectivity index (χ4n) is 1.30. The lowest BCUT2D eigenvalue weighted by Gasteiger charge is -2.08. The first-order valence-corrected chi connectivity index (χ1v) is 5.12. The zero-order valence-corrected chi connectivity index (χ0v) is 9.46. The molecule has 0 unspecified atom stereocenters. The van der Waals surface area contributed by atoms with Crippen molar-refractivity contribution < 1.29 is 0 Å². The van der Waals surface area contributed by atoms with E-state index in [1.807, 2.05) is 14.0 Å². The van der Waals surface area contributed by atoms with Gasteiger partial charge in [-0.3, -0.25) is 0 Å². The third-order valence-electron chi connectivity index (χ3n) is 2.11. The second kappa shape index (κ2) is 5.05. The highest BCUT2D eigenvalue weighted by Crippen LogP contribution is 2.12. The van der Waals surface area contributed by atoms with Crippen LogP contribution >= 0.6 is 0 Å². The molecule has 0 fully saturated rings. The maximum absolute atomic E-state index is 4.52. The monoisotopic (exact) mass is 193 g/mol. The van der Waals surface area contributed by atoms with Crippen LogP contribution in [0.15, 0.2) is 6.07 Å². The standard InChI is InChI=1S/C11H19N3/c1-8(2)10-7-9(3)13-11(14-10)5-6-12-4/h7-8,12H,5-6H2,1-4H3. The van der Waals surface area contributed by atoms with E-state index in [9.17, 15) is 0 Å². The summed E-state index contributed by atoms with van der Waals surface area (Å²) in [4.78, 5) is 8.92. The van der Waals surface area contributed by atoms with Crippen LogP contribution < -0.4 is 5.32 Å². The van der Waals surface area contributed by atoms with E-state index in [1.165, 1.54) is 0 Å². The second-order valence-electron chi connectivity index (χ2n) is 3.86. The van der Waals surface area contributed by atoms with Crippen LogP contribution in [0.5, 0.6) is 0 Å². The molecule has 78 valence electrons. The fourth-order valence-corrected chi connectivity index (χ4v) is 1.30. The lowest BCUT2D eigenvalue weighted by atomic mass is 10.1. The molecule has 1 rings (SSSR count). The second-order valence-corrected chi connectivity index (χ2v) is 3.86. The van der Waals surface area contributed by atoms with E-state index in [0.29, 0.717) is 5.92 Å². The van der Waals surface area contributed by atoms with Gasteiger partial charge in [0.15, 0.2) is 0 Å². The topological polar surface area (TPSA) is 37.8 Å². The summed E-state index contributed by atoms with van der Waals surface area (Å²) >= 11 is 0. The molecule has 0 aliphatic heterocycles. The summed E-state index contributed by atoms with van der Waals surface area (Å²) in [5.74, 6) is 1.42. The third-order valence-corrected chi connectivity index (χ3v) is 2.11. The van der Waals surface area contributed by atoms with Crippen LogP contribution in [0.1, 0.15) is 37.0 Å². The first kappa shape index (κ1) is 11.1. The summed E-state index contributed by atoms with van der Waals surface area (Å²) in [7, 11) is 1.94. The zero-order chi connectivity index (χ0) is 10.6. The minimum atomic E-state index is 0.477. The molecule has 0 radical (unpaired) electrons. The number of hydrogen-bond donors (Lipinski definition) is 1. The normalized spacial score (nSPS) is 10.9. The lowest BCUT2D eigenvalue weighted by molar-refractivity contribution is 0.725. The first-order valence-electron chi connectivity index (χ1n) is 5.12. The van der Waals surface area contributed by atoms with Gasteiger partial charge in [-0.1, -0.05) is 13.8 Å². The van der Waals surface area contributed by atoms with Gasteiger partial charge in [-0.05, 0) is 26.0 Å². The summed E-state index contributed by atoms with van der Waals surface area (Å²) in [5.41, 5.74) is 2.21. The predicted molar refractivity (Wildman–Crippen MR) is 58.5 cm³/mol. The van der Waals surface area contributed by atoms with Crippen LogP contribution in [0, 0.1) is 6.92 Å². The predicted octanol–water partition coefficient (Wildman–Crippen LogP) is 1.67. The van der Waals surface area contributed by atoms with Crippen molar-refractivity contribution in [1.29, 1.82) is 0 Å². The number of likely N-dealkylation sites (N-methyl/N-ethyl adjacent to an activating group) is 1. The molecule has 0 amide bonds. The Morgan fingerprint density at radius 1 is 1.36 bits per heavy atom. The molecule has 14 heavy (non-hydrogen) atoms. The van der Waals surface area contributed by atoms with E-state index in [4.69, 9.17) is 0 Å². The van der Waals surface area contributed by atoms with E-state index in [1.54, 1.807) is 0 Å². The number of nitrogens with zero attached hydrogens (tertiary/aromatic N) is 2. The highest BCUT2D eigenvalue weighted by molar-refractivity contribution is 5.13. The molecular formula is C11H19N3. The quantitative estimate of drug-likeness (QED) is 0.790. The summed E-state index contributed by atoms with van der Waals surface area (Å²) in [5, 5.41) is 3.10. The van der Waals surface area contributed by atoms with Gasteiger partial charge in [0.1, 0.15) is 5.82 Å². The number of nitrogens with one attached hydrogen (secondary N) is 1. The minimum absolute atomic E-state index is 0.477. The van der Waals surface area contributed by atoms with Crippen molar-refractivity contribution in [3.05, 3.63) is 23.3 Å². The van der Waals surface area contributed by atoms with Crippen LogP contribution in [0.3, 0.4) is 0 Å². The van der Waals surface area contributed by atoms with Gasteiger partial charge in [0.25, 0.3) is 0 Å². The maximum atomic E-state index is 4.52. The van der Waals surface area contributed by atoms with Crippen molar-refractivity contribution in [3.8, 4) is 0 Å². The van der Waals surface area contributed by atoms with E-state index in [-0.39, 0.29) is 0 Å². The van der Waals surface area contributed by atoms with Crippen molar-refractivity contribution in [1.82, 2.24) is 15.3 Å². The lowest BCUT2D eigenvalue weighted by Crippen LogP contribution is -2.13. The fraction of sp³-hybridized carbons (Fsp3) is 0.636. The van der Waals surface area contributed by atoms with Gasteiger partial charge < -0.3 is 5.32 Å². The van der Waals surface area contributed by atoms with Crippen LogP contribution in [0.2, 0.25) is 0 Å². The van der Waals surface area contributed by atoms with Crippen LogP contribution in [0.25, 0.3) is 0 Å². The van der Waals surface area contributed by atoms with Gasteiger partial charge in [-0.25, -0.2) is 9.97 Å². The summed E-state index contributed by atoms with van der Waals surface area (Å²) in [6, 6.07) is 2.06. The van der Waals surface area contributed by atoms with Gasteiger partial charge in [-0.2, -0.15) is 0 Å². The molecule has 1 aromatic heterocycles. The van der Waals surface area contributed by atoms with Gasteiger partial charge in [-0.15, -0.1) is 0 Å². The third kappa shape index (κ3) is 3.07. The average molecular weight is 193 g/mol. The number of aromatic nitrogens is 2. The molecule has 0 aliphatic carbocycles. The number of hydrogen-bond acceptors (Lipinski definition) is 3. The molecule has 0 spiro atoms. The summed E-state index contributed by atoms with van der Waals surface area (Å²) in [6.07, 6.45) is 0.901. The molecule has 1 heterocycles. The highest BCUT2D eigenvalue weighted by Gasteiger charge is 2.04.